The Morgan fingerprint density at radius 2 is 1.86 bits per heavy atom. The number of nitrogens with zero attached hydrogens (tertiary/aromatic N) is 2. The largest absolute Gasteiger partial charge is 0.481 e. The van der Waals surface area contributed by atoms with E-state index in [1.807, 2.05) is 6.07 Å². The number of benzene rings is 2. The van der Waals surface area contributed by atoms with Gasteiger partial charge in [0.05, 0.1) is 22.1 Å². The normalized spacial score (nSPS) is 18.6. The molecular formula is C26H25Cl2F3N2O3. The number of aromatic nitrogens is 1. The lowest BCUT2D eigenvalue weighted by Gasteiger charge is -2.35. The van der Waals surface area contributed by atoms with Crippen LogP contribution < -0.4 is 0 Å². The van der Waals surface area contributed by atoms with Crippen LogP contribution >= 0.6 is 23.2 Å². The minimum atomic E-state index is -4.46. The number of amides is 1. The fourth-order valence-electron chi connectivity index (χ4n) is 4.97. The number of aryl methyl sites for hydroxylation is 2. The Balaban J connectivity index is 1.67. The van der Waals surface area contributed by atoms with E-state index < -0.39 is 23.6 Å². The molecule has 1 saturated heterocycles. The molecule has 4 rings (SSSR count). The second-order valence-electron chi connectivity index (χ2n) is 9.44. The van der Waals surface area contributed by atoms with Gasteiger partial charge in [0.2, 0.25) is 0 Å². The standard InChI is InChI=1S/C26H25Cl2F3N2O3/c1-13-8-15(26(29,30)31)9-22-19(13)10-16(32(22)3)11-20-21(27)5-4-18(23(20)28)24(34)33-7-6-17(25(35)36)14(2)12-33/h4-5,8-10,14,17H,6-7,11-12H2,1-3H3,(H,35,36)/t14-,17-/m1/s1. The second-order valence-corrected chi connectivity index (χ2v) is 10.2. The quantitative estimate of drug-likeness (QED) is 0.406. The highest BCUT2D eigenvalue weighted by molar-refractivity contribution is 6.38. The maximum absolute atomic E-state index is 13.3. The average molecular weight is 541 g/mol. The molecule has 0 aliphatic carbocycles. The fourth-order valence-corrected chi connectivity index (χ4v) is 5.55. The summed E-state index contributed by atoms with van der Waals surface area (Å²) in [6.45, 7) is 4.04. The van der Waals surface area contributed by atoms with Gasteiger partial charge in [-0.2, -0.15) is 13.2 Å². The fraction of sp³-hybridized carbons (Fsp3) is 0.385. The Morgan fingerprint density at radius 1 is 1.17 bits per heavy atom. The summed E-state index contributed by atoms with van der Waals surface area (Å²) in [4.78, 5) is 26.3. The second kappa shape index (κ2) is 9.63. The summed E-state index contributed by atoms with van der Waals surface area (Å²) in [6, 6.07) is 7.19. The zero-order valence-electron chi connectivity index (χ0n) is 19.9. The Labute approximate surface area is 216 Å². The van der Waals surface area contributed by atoms with Gasteiger partial charge in [-0.15, -0.1) is 0 Å². The van der Waals surface area contributed by atoms with Crippen LogP contribution in [0.4, 0.5) is 13.2 Å². The Bertz CT molecular complexity index is 1370. The number of carboxylic acids is 1. The van der Waals surface area contributed by atoms with Gasteiger partial charge in [0.15, 0.2) is 0 Å². The van der Waals surface area contributed by atoms with Gasteiger partial charge in [-0.25, -0.2) is 0 Å². The predicted octanol–water partition coefficient (Wildman–Crippen LogP) is 6.59. The number of aliphatic carboxylic acids is 1. The molecule has 1 fully saturated rings. The molecule has 36 heavy (non-hydrogen) atoms. The minimum absolute atomic E-state index is 0.179. The zero-order chi connectivity index (χ0) is 26.5. The number of rotatable bonds is 4. The van der Waals surface area contributed by atoms with Gasteiger partial charge in [0.25, 0.3) is 5.91 Å². The molecule has 0 saturated carbocycles. The third kappa shape index (κ3) is 4.81. The van der Waals surface area contributed by atoms with Crippen LogP contribution in [0, 0.1) is 18.8 Å². The van der Waals surface area contributed by atoms with Gasteiger partial charge in [0, 0.05) is 48.2 Å². The molecule has 1 aromatic heterocycles. The lowest BCUT2D eigenvalue weighted by molar-refractivity contribution is -0.145. The maximum atomic E-state index is 13.3. The first kappa shape index (κ1) is 26.4. The van der Waals surface area contributed by atoms with Crippen LogP contribution in [-0.4, -0.2) is 39.5 Å². The molecule has 5 nitrogen and oxygen atoms in total. The molecule has 1 aliphatic rings. The highest BCUT2D eigenvalue weighted by Crippen LogP contribution is 2.36. The molecule has 0 unspecified atom stereocenters. The minimum Gasteiger partial charge on any atom is -0.481 e. The number of hydrogen-bond donors (Lipinski definition) is 1. The topological polar surface area (TPSA) is 62.5 Å². The molecule has 1 aliphatic heterocycles. The van der Waals surface area contributed by atoms with E-state index in [9.17, 15) is 27.9 Å². The van der Waals surface area contributed by atoms with Crippen LogP contribution in [-0.2, 0) is 24.4 Å². The van der Waals surface area contributed by atoms with Gasteiger partial charge < -0.3 is 14.6 Å². The molecule has 2 atom stereocenters. The summed E-state index contributed by atoms with van der Waals surface area (Å²) in [5.74, 6) is -1.88. The van der Waals surface area contributed by atoms with E-state index in [-0.39, 0.29) is 28.8 Å². The van der Waals surface area contributed by atoms with Gasteiger partial charge in [0.1, 0.15) is 0 Å². The Hall–Kier alpha value is -2.71. The Kier molecular flexibility index (Phi) is 7.05. The van der Waals surface area contributed by atoms with Gasteiger partial charge >= 0.3 is 12.1 Å². The maximum Gasteiger partial charge on any atom is 0.416 e. The lowest BCUT2D eigenvalue weighted by Crippen LogP contribution is -2.45. The number of likely N-dealkylation sites (tertiary alicyclic amines) is 1. The van der Waals surface area contributed by atoms with Crippen molar-refractivity contribution < 1.29 is 27.9 Å². The van der Waals surface area contributed by atoms with Crippen molar-refractivity contribution in [2.45, 2.75) is 32.9 Å². The molecule has 1 amide bonds. The molecule has 2 heterocycles. The predicted molar refractivity (Wildman–Crippen MR) is 133 cm³/mol. The van der Waals surface area contributed by atoms with E-state index in [0.717, 1.165) is 12.1 Å². The van der Waals surface area contributed by atoms with Crippen molar-refractivity contribution in [2.24, 2.45) is 18.9 Å². The highest BCUT2D eigenvalue weighted by Gasteiger charge is 2.34. The summed E-state index contributed by atoms with van der Waals surface area (Å²) in [7, 11) is 1.68. The van der Waals surface area contributed by atoms with Gasteiger partial charge in [-0.05, 0) is 60.7 Å². The molecule has 0 spiro atoms. The SMILES string of the molecule is Cc1cc(C(F)(F)F)cc2c1cc(Cc1c(Cl)ccc(C(=O)N3CC[C@@H](C(=O)O)[C@H](C)C3)c1Cl)n2C. The van der Waals surface area contributed by atoms with Crippen LogP contribution in [0.3, 0.4) is 0 Å². The third-order valence-electron chi connectivity index (χ3n) is 7.08. The molecule has 0 radical (unpaired) electrons. The summed E-state index contributed by atoms with van der Waals surface area (Å²) in [6.07, 6.45) is -3.89. The molecule has 1 N–H and O–H groups in total. The molecule has 10 heteroatoms. The van der Waals surface area contributed by atoms with E-state index in [4.69, 9.17) is 23.2 Å². The summed E-state index contributed by atoms with van der Waals surface area (Å²) < 4.78 is 41.7. The van der Waals surface area contributed by atoms with Crippen LogP contribution in [0.15, 0.2) is 30.3 Å². The molecular weight excluding hydrogens is 516 g/mol. The van der Waals surface area contributed by atoms with Crippen molar-refractivity contribution in [3.63, 3.8) is 0 Å². The summed E-state index contributed by atoms with van der Waals surface area (Å²) >= 11 is 13.1. The van der Waals surface area contributed by atoms with Crippen molar-refractivity contribution in [2.75, 3.05) is 13.1 Å². The number of carbonyl (C=O) groups excluding carboxylic acids is 1. The van der Waals surface area contributed by atoms with Crippen molar-refractivity contribution in [3.05, 3.63) is 68.3 Å². The number of carbonyl (C=O) groups is 2. The molecule has 3 aromatic rings. The van der Waals surface area contributed by atoms with E-state index in [1.165, 1.54) is 0 Å². The number of halogens is 5. The molecule has 2 aromatic carbocycles. The van der Waals surface area contributed by atoms with E-state index in [2.05, 4.69) is 0 Å². The Morgan fingerprint density at radius 3 is 2.47 bits per heavy atom. The number of fused-ring (bicyclic) bond motifs is 1. The van der Waals surface area contributed by atoms with Crippen molar-refractivity contribution in [1.29, 1.82) is 0 Å². The monoisotopic (exact) mass is 540 g/mol. The molecule has 0 bridgehead atoms. The van der Waals surface area contributed by atoms with Crippen LogP contribution in [0.1, 0.15) is 46.1 Å². The van der Waals surface area contributed by atoms with Crippen LogP contribution in [0.2, 0.25) is 10.0 Å². The number of alkyl halides is 3. The zero-order valence-corrected chi connectivity index (χ0v) is 21.4. The lowest BCUT2D eigenvalue weighted by atomic mass is 9.86. The van der Waals surface area contributed by atoms with E-state index in [0.29, 0.717) is 52.3 Å². The van der Waals surface area contributed by atoms with Crippen molar-refractivity contribution >= 4 is 46.0 Å². The van der Waals surface area contributed by atoms with Crippen LogP contribution in [0.5, 0.6) is 0 Å². The average Bonchev–Trinajstić information content (AvgIpc) is 3.11. The number of carboxylic acid groups (broad SMARTS) is 1. The van der Waals surface area contributed by atoms with Crippen molar-refractivity contribution in [3.8, 4) is 0 Å². The summed E-state index contributed by atoms with van der Waals surface area (Å²) in [5, 5.41) is 10.6. The van der Waals surface area contributed by atoms with E-state index >= 15 is 0 Å². The number of piperidine rings is 1. The first-order chi connectivity index (χ1) is 16.8. The van der Waals surface area contributed by atoms with Gasteiger partial charge in [-0.3, -0.25) is 9.59 Å². The first-order valence-corrected chi connectivity index (χ1v) is 12.2. The summed E-state index contributed by atoms with van der Waals surface area (Å²) in [5.41, 5.74) is 1.67. The van der Waals surface area contributed by atoms with Gasteiger partial charge in [-0.1, -0.05) is 30.1 Å². The van der Waals surface area contributed by atoms with Crippen LogP contribution in [0.25, 0.3) is 10.9 Å². The highest BCUT2D eigenvalue weighted by atomic mass is 35.5. The number of hydrogen-bond acceptors (Lipinski definition) is 2. The first-order valence-electron chi connectivity index (χ1n) is 11.4. The van der Waals surface area contributed by atoms with E-state index in [1.54, 1.807) is 42.5 Å². The smallest absolute Gasteiger partial charge is 0.416 e. The third-order valence-corrected chi connectivity index (χ3v) is 7.87. The molecule has 192 valence electrons. The van der Waals surface area contributed by atoms with Crippen molar-refractivity contribution in [1.82, 2.24) is 9.47 Å².